The van der Waals surface area contributed by atoms with Crippen LogP contribution in [0.3, 0.4) is 0 Å². The number of likely N-dealkylation sites (tertiary alicyclic amines) is 1. The average Bonchev–Trinajstić information content (AvgIpc) is 3.31. The van der Waals surface area contributed by atoms with Gasteiger partial charge in [0.15, 0.2) is 0 Å². The lowest BCUT2D eigenvalue weighted by molar-refractivity contribution is 0.0710. The topological polar surface area (TPSA) is 61.9 Å². The Morgan fingerprint density at radius 2 is 2.04 bits per heavy atom. The van der Waals surface area contributed by atoms with E-state index in [4.69, 9.17) is 0 Å². The summed E-state index contributed by atoms with van der Waals surface area (Å²) < 4.78 is 0. The molecule has 1 fully saturated rings. The van der Waals surface area contributed by atoms with E-state index in [0.29, 0.717) is 0 Å². The van der Waals surface area contributed by atoms with E-state index in [1.807, 2.05) is 18.0 Å². The quantitative estimate of drug-likeness (QED) is 0.757. The van der Waals surface area contributed by atoms with Gasteiger partial charge in [0.1, 0.15) is 4.88 Å². The lowest BCUT2D eigenvalue weighted by Gasteiger charge is -2.32. The minimum atomic E-state index is 0.0942. The first kappa shape index (κ1) is 17.0. The molecule has 0 saturated carbocycles. The predicted octanol–water partition coefficient (Wildman–Crippen LogP) is 4.17. The molecule has 1 N–H and O–H groups in total. The zero-order chi connectivity index (χ0) is 18.1. The molecule has 3 aromatic rings. The number of hydrogen-bond acceptors (Lipinski definition) is 4. The first-order chi connectivity index (χ1) is 12.6. The molecular formula is C20H22N4OS. The third-order valence-electron chi connectivity index (χ3n) is 4.98. The van der Waals surface area contributed by atoms with E-state index in [0.717, 1.165) is 47.1 Å². The maximum atomic E-state index is 12.8. The van der Waals surface area contributed by atoms with Crippen molar-refractivity contribution in [1.82, 2.24) is 20.1 Å². The van der Waals surface area contributed by atoms with Crippen LogP contribution in [-0.4, -0.2) is 39.1 Å². The largest absolute Gasteiger partial charge is 0.337 e. The number of thiazole rings is 1. The molecule has 0 aliphatic carbocycles. The smallest absolute Gasteiger partial charge is 0.265 e. The molecule has 0 radical (unpaired) electrons. The third-order valence-corrected chi connectivity index (χ3v) is 5.88. The SMILES string of the molecule is Cc1ccc(-c2cn[nH]c2[C@@H]2CCCN(C(=O)c3cnc(C)s3)C2)cc1. The minimum Gasteiger partial charge on any atom is -0.337 e. The second-order valence-electron chi connectivity index (χ2n) is 6.90. The summed E-state index contributed by atoms with van der Waals surface area (Å²) in [4.78, 5) is 19.7. The Kier molecular flexibility index (Phi) is 4.59. The van der Waals surface area contributed by atoms with Gasteiger partial charge in [-0.3, -0.25) is 9.89 Å². The number of amides is 1. The van der Waals surface area contributed by atoms with Crippen LogP contribution < -0.4 is 0 Å². The number of aromatic nitrogens is 3. The van der Waals surface area contributed by atoms with Gasteiger partial charge in [0, 0.05) is 30.3 Å². The first-order valence-corrected chi connectivity index (χ1v) is 9.75. The number of hydrogen-bond donors (Lipinski definition) is 1. The van der Waals surface area contributed by atoms with E-state index >= 15 is 0 Å². The predicted molar refractivity (Wildman–Crippen MR) is 103 cm³/mol. The second kappa shape index (κ2) is 7.03. The molecule has 1 aliphatic rings. The fourth-order valence-electron chi connectivity index (χ4n) is 3.58. The van der Waals surface area contributed by atoms with E-state index in [1.165, 1.54) is 22.5 Å². The number of nitrogens with zero attached hydrogens (tertiary/aromatic N) is 3. The fraction of sp³-hybridized carbons (Fsp3) is 0.350. The number of H-pyrrole nitrogens is 1. The van der Waals surface area contributed by atoms with Crippen LogP contribution in [0, 0.1) is 13.8 Å². The maximum Gasteiger partial charge on any atom is 0.265 e. The van der Waals surface area contributed by atoms with Crippen LogP contribution in [0.4, 0.5) is 0 Å². The van der Waals surface area contributed by atoms with Gasteiger partial charge >= 0.3 is 0 Å². The van der Waals surface area contributed by atoms with Crippen LogP contribution in [0.15, 0.2) is 36.7 Å². The molecular weight excluding hydrogens is 344 g/mol. The van der Waals surface area contributed by atoms with Crippen molar-refractivity contribution in [3.63, 3.8) is 0 Å². The Hall–Kier alpha value is -2.47. The van der Waals surface area contributed by atoms with Crippen LogP contribution in [0.5, 0.6) is 0 Å². The van der Waals surface area contributed by atoms with E-state index in [1.54, 1.807) is 6.20 Å². The molecule has 0 bridgehead atoms. The number of benzene rings is 1. The molecule has 26 heavy (non-hydrogen) atoms. The van der Waals surface area contributed by atoms with Crippen molar-refractivity contribution in [2.45, 2.75) is 32.6 Å². The summed E-state index contributed by atoms with van der Waals surface area (Å²) in [6, 6.07) is 8.51. The second-order valence-corrected chi connectivity index (χ2v) is 8.13. The fourth-order valence-corrected chi connectivity index (χ4v) is 4.33. The zero-order valence-electron chi connectivity index (χ0n) is 15.0. The first-order valence-electron chi connectivity index (χ1n) is 8.94. The number of rotatable bonds is 3. The summed E-state index contributed by atoms with van der Waals surface area (Å²) in [5.41, 5.74) is 4.68. The molecule has 1 amide bonds. The normalized spacial score (nSPS) is 17.5. The third kappa shape index (κ3) is 3.29. The monoisotopic (exact) mass is 366 g/mol. The average molecular weight is 366 g/mol. The van der Waals surface area contributed by atoms with E-state index in [2.05, 4.69) is 46.4 Å². The molecule has 2 aromatic heterocycles. The van der Waals surface area contributed by atoms with Gasteiger partial charge in [-0.1, -0.05) is 29.8 Å². The molecule has 6 heteroatoms. The number of nitrogens with one attached hydrogen (secondary N) is 1. The Labute approximate surface area is 157 Å². The molecule has 1 aromatic carbocycles. The molecule has 4 rings (SSSR count). The lowest BCUT2D eigenvalue weighted by Crippen LogP contribution is -2.39. The highest BCUT2D eigenvalue weighted by atomic mass is 32.1. The van der Waals surface area contributed by atoms with Crippen molar-refractivity contribution >= 4 is 17.2 Å². The van der Waals surface area contributed by atoms with Gasteiger partial charge < -0.3 is 4.90 Å². The Morgan fingerprint density at radius 3 is 2.77 bits per heavy atom. The van der Waals surface area contributed by atoms with Crippen molar-refractivity contribution < 1.29 is 4.79 Å². The summed E-state index contributed by atoms with van der Waals surface area (Å²) in [5, 5.41) is 8.41. The van der Waals surface area contributed by atoms with Gasteiger partial charge in [-0.2, -0.15) is 5.10 Å². The van der Waals surface area contributed by atoms with Crippen LogP contribution in [0.1, 0.15) is 44.7 Å². The number of aryl methyl sites for hydroxylation is 2. The maximum absolute atomic E-state index is 12.8. The standard InChI is InChI=1S/C20H22N4OS/c1-13-5-7-15(8-6-13)17-10-22-23-19(17)16-4-3-9-24(12-16)20(25)18-11-21-14(2)26-18/h5-8,10-11,16H,3-4,9,12H2,1-2H3,(H,22,23)/t16-/m1/s1. The zero-order valence-corrected chi connectivity index (χ0v) is 15.8. The van der Waals surface area contributed by atoms with Crippen molar-refractivity contribution in [2.24, 2.45) is 0 Å². The highest BCUT2D eigenvalue weighted by molar-refractivity contribution is 7.13. The van der Waals surface area contributed by atoms with Crippen LogP contribution in [0.25, 0.3) is 11.1 Å². The molecule has 3 heterocycles. The van der Waals surface area contributed by atoms with Gasteiger partial charge in [0.25, 0.3) is 5.91 Å². The number of piperidine rings is 1. The number of carbonyl (C=O) groups is 1. The molecule has 0 unspecified atom stereocenters. The van der Waals surface area contributed by atoms with Crippen molar-refractivity contribution in [3.8, 4) is 11.1 Å². The summed E-state index contributed by atoms with van der Waals surface area (Å²) in [7, 11) is 0. The van der Waals surface area contributed by atoms with Crippen molar-refractivity contribution in [3.05, 3.63) is 57.8 Å². The van der Waals surface area contributed by atoms with Gasteiger partial charge in [0.2, 0.25) is 0 Å². The highest BCUT2D eigenvalue weighted by Crippen LogP contribution is 2.33. The van der Waals surface area contributed by atoms with Crippen molar-refractivity contribution in [2.75, 3.05) is 13.1 Å². The molecule has 134 valence electrons. The summed E-state index contributed by atoms with van der Waals surface area (Å²) in [6.07, 6.45) is 5.65. The van der Waals surface area contributed by atoms with Crippen molar-refractivity contribution in [1.29, 1.82) is 0 Å². The van der Waals surface area contributed by atoms with Crippen LogP contribution in [-0.2, 0) is 0 Å². The van der Waals surface area contributed by atoms with E-state index in [9.17, 15) is 4.79 Å². The van der Waals surface area contributed by atoms with Gasteiger partial charge in [-0.25, -0.2) is 4.98 Å². The van der Waals surface area contributed by atoms with Crippen LogP contribution >= 0.6 is 11.3 Å². The lowest BCUT2D eigenvalue weighted by atomic mass is 9.90. The van der Waals surface area contributed by atoms with Gasteiger partial charge in [-0.05, 0) is 32.3 Å². The number of aromatic amines is 1. The van der Waals surface area contributed by atoms with Gasteiger partial charge in [-0.15, -0.1) is 11.3 Å². The Morgan fingerprint density at radius 1 is 1.23 bits per heavy atom. The van der Waals surface area contributed by atoms with Crippen LogP contribution in [0.2, 0.25) is 0 Å². The Bertz CT molecular complexity index is 912. The minimum absolute atomic E-state index is 0.0942. The summed E-state index contributed by atoms with van der Waals surface area (Å²) in [5.74, 6) is 0.372. The summed E-state index contributed by atoms with van der Waals surface area (Å²) >= 11 is 1.47. The molecule has 0 spiro atoms. The van der Waals surface area contributed by atoms with Gasteiger partial charge in [0.05, 0.1) is 17.4 Å². The molecule has 1 aliphatic heterocycles. The number of carbonyl (C=O) groups excluding carboxylic acids is 1. The molecule has 1 saturated heterocycles. The highest BCUT2D eigenvalue weighted by Gasteiger charge is 2.28. The summed E-state index contributed by atoms with van der Waals surface area (Å²) in [6.45, 7) is 5.54. The molecule has 1 atom stereocenters. The Balaban J connectivity index is 1.56. The van der Waals surface area contributed by atoms with E-state index < -0.39 is 0 Å². The van der Waals surface area contributed by atoms with E-state index in [-0.39, 0.29) is 11.8 Å². The molecule has 5 nitrogen and oxygen atoms in total.